The molecule has 30 heavy (non-hydrogen) atoms. The van der Waals surface area contributed by atoms with Crippen LogP contribution in [0.4, 0.5) is 0 Å². The van der Waals surface area contributed by atoms with Gasteiger partial charge >= 0.3 is 11.9 Å². The summed E-state index contributed by atoms with van der Waals surface area (Å²) in [5, 5.41) is 0. The van der Waals surface area contributed by atoms with Crippen molar-refractivity contribution >= 4 is 11.9 Å². The van der Waals surface area contributed by atoms with Crippen molar-refractivity contribution in [3.05, 3.63) is 0 Å². The van der Waals surface area contributed by atoms with Gasteiger partial charge in [-0.1, -0.05) is 91.4 Å². The van der Waals surface area contributed by atoms with Crippen LogP contribution in [0.15, 0.2) is 0 Å². The molecule has 0 aromatic rings. The lowest BCUT2D eigenvalue weighted by Crippen LogP contribution is -2.30. The van der Waals surface area contributed by atoms with Crippen molar-refractivity contribution < 1.29 is 19.1 Å². The molecule has 0 heterocycles. The largest absolute Gasteiger partial charge is 0.465 e. The van der Waals surface area contributed by atoms with Crippen LogP contribution < -0.4 is 0 Å². The zero-order chi connectivity index (χ0) is 22.0. The number of unbranched alkanes of at least 4 members (excludes halogenated alkanes) is 9. The third-order valence-corrected chi connectivity index (χ3v) is 6.25. The predicted molar refractivity (Wildman–Crippen MR) is 123 cm³/mol. The zero-order valence-corrected chi connectivity index (χ0v) is 20.1. The first-order valence-corrected chi connectivity index (χ1v) is 12.9. The second-order valence-corrected chi connectivity index (χ2v) is 9.61. The number of carbonyl (C=O) groups is 2. The summed E-state index contributed by atoms with van der Waals surface area (Å²) in [7, 11) is 0. The summed E-state index contributed by atoms with van der Waals surface area (Å²) in [6.07, 6.45) is 17.7. The van der Waals surface area contributed by atoms with Crippen LogP contribution in [0.5, 0.6) is 0 Å². The number of carbonyl (C=O) groups excluding carboxylic acids is 2. The van der Waals surface area contributed by atoms with Gasteiger partial charge in [-0.2, -0.15) is 0 Å². The molecule has 4 nitrogen and oxygen atoms in total. The molecule has 0 bridgehead atoms. The van der Waals surface area contributed by atoms with Gasteiger partial charge < -0.3 is 9.47 Å². The van der Waals surface area contributed by atoms with Crippen LogP contribution in [-0.4, -0.2) is 25.2 Å². The molecule has 2 unspecified atom stereocenters. The van der Waals surface area contributed by atoms with Gasteiger partial charge in [-0.25, -0.2) is 0 Å². The van der Waals surface area contributed by atoms with E-state index in [0.29, 0.717) is 19.6 Å². The fourth-order valence-corrected chi connectivity index (χ4v) is 4.27. The number of ether oxygens (including phenoxy) is 2. The van der Waals surface area contributed by atoms with Crippen molar-refractivity contribution in [3.8, 4) is 0 Å². The highest BCUT2D eigenvalue weighted by Gasteiger charge is 2.32. The Balaban J connectivity index is 2.03. The second-order valence-electron chi connectivity index (χ2n) is 9.61. The zero-order valence-electron chi connectivity index (χ0n) is 20.1. The van der Waals surface area contributed by atoms with Crippen molar-refractivity contribution in [2.24, 2.45) is 17.8 Å². The van der Waals surface area contributed by atoms with E-state index in [9.17, 15) is 9.59 Å². The van der Waals surface area contributed by atoms with E-state index in [1.165, 1.54) is 44.9 Å². The Morgan fingerprint density at radius 2 is 1.20 bits per heavy atom. The fourth-order valence-electron chi connectivity index (χ4n) is 4.27. The average molecular weight is 425 g/mol. The molecular weight excluding hydrogens is 376 g/mol. The molecule has 0 saturated heterocycles. The Bertz CT molecular complexity index is 446. The van der Waals surface area contributed by atoms with Crippen LogP contribution in [0.1, 0.15) is 124 Å². The first-order valence-electron chi connectivity index (χ1n) is 12.9. The Hall–Kier alpha value is -1.06. The fraction of sp³-hybridized carbons (Fsp3) is 0.923. The number of hydrogen-bond donors (Lipinski definition) is 0. The van der Waals surface area contributed by atoms with Crippen molar-refractivity contribution in [3.63, 3.8) is 0 Å². The van der Waals surface area contributed by atoms with E-state index < -0.39 is 0 Å². The first-order chi connectivity index (χ1) is 14.5. The normalized spacial score (nSPS) is 19.1. The van der Waals surface area contributed by atoms with Gasteiger partial charge in [-0.05, 0) is 38.0 Å². The van der Waals surface area contributed by atoms with E-state index in [-0.39, 0.29) is 23.8 Å². The van der Waals surface area contributed by atoms with Gasteiger partial charge in [0, 0.05) is 0 Å². The SMILES string of the molecule is CCCCCOC(=O)C1CCCC(C(=O)OCCCCCCCCCCC(C)C)C1. The predicted octanol–water partition coefficient (Wildman–Crippen LogP) is 7.24. The maximum Gasteiger partial charge on any atom is 0.308 e. The summed E-state index contributed by atoms with van der Waals surface area (Å²) >= 11 is 0. The van der Waals surface area contributed by atoms with Crippen LogP contribution in [0, 0.1) is 17.8 Å². The van der Waals surface area contributed by atoms with E-state index >= 15 is 0 Å². The van der Waals surface area contributed by atoms with E-state index in [0.717, 1.165) is 57.3 Å². The molecule has 1 fully saturated rings. The van der Waals surface area contributed by atoms with Crippen LogP contribution in [0.2, 0.25) is 0 Å². The standard InChI is InChI=1S/C26H48O4/c1-4-5-13-19-29-25(27)23-17-15-18-24(21-23)26(28)30-20-14-11-9-7-6-8-10-12-16-22(2)3/h22-24H,4-21H2,1-3H3. The minimum atomic E-state index is -0.127. The van der Waals surface area contributed by atoms with E-state index in [2.05, 4.69) is 20.8 Å². The summed E-state index contributed by atoms with van der Waals surface area (Å²) in [6.45, 7) is 7.76. The molecule has 1 saturated carbocycles. The van der Waals surface area contributed by atoms with Crippen LogP contribution in [0.3, 0.4) is 0 Å². The monoisotopic (exact) mass is 424 g/mol. The highest BCUT2D eigenvalue weighted by atomic mass is 16.5. The van der Waals surface area contributed by atoms with Crippen LogP contribution in [0.25, 0.3) is 0 Å². The summed E-state index contributed by atoms with van der Waals surface area (Å²) in [5.74, 6) is 0.351. The van der Waals surface area contributed by atoms with E-state index in [1.54, 1.807) is 0 Å². The Morgan fingerprint density at radius 1 is 0.733 bits per heavy atom. The van der Waals surface area contributed by atoms with Crippen molar-refractivity contribution in [2.75, 3.05) is 13.2 Å². The van der Waals surface area contributed by atoms with Crippen LogP contribution >= 0.6 is 0 Å². The summed E-state index contributed by atoms with van der Waals surface area (Å²) in [4.78, 5) is 24.6. The smallest absolute Gasteiger partial charge is 0.308 e. The maximum atomic E-state index is 12.4. The average Bonchev–Trinajstić information content (AvgIpc) is 2.74. The van der Waals surface area contributed by atoms with Gasteiger partial charge in [0.05, 0.1) is 25.0 Å². The van der Waals surface area contributed by atoms with Gasteiger partial charge in [0.25, 0.3) is 0 Å². The highest BCUT2D eigenvalue weighted by molar-refractivity contribution is 5.76. The third-order valence-electron chi connectivity index (χ3n) is 6.25. The van der Waals surface area contributed by atoms with Gasteiger partial charge in [-0.15, -0.1) is 0 Å². The molecule has 0 N–H and O–H groups in total. The summed E-state index contributed by atoms with van der Waals surface area (Å²) in [5.41, 5.74) is 0. The second kappa shape index (κ2) is 17.6. The van der Waals surface area contributed by atoms with Gasteiger partial charge in [0.15, 0.2) is 0 Å². The van der Waals surface area contributed by atoms with Gasteiger partial charge in [-0.3, -0.25) is 9.59 Å². The molecule has 4 heteroatoms. The molecule has 1 aliphatic rings. The Kier molecular flexibility index (Phi) is 15.8. The van der Waals surface area contributed by atoms with Gasteiger partial charge in [0.2, 0.25) is 0 Å². The van der Waals surface area contributed by atoms with E-state index in [1.807, 2.05) is 0 Å². The minimum absolute atomic E-state index is 0.108. The number of hydrogen-bond acceptors (Lipinski definition) is 4. The molecule has 1 aliphatic carbocycles. The van der Waals surface area contributed by atoms with E-state index in [4.69, 9.17) is 9.47 Å². The van der Waals surface area contributed by atoms with Crippen molar-refractivity contribution in [1.29, 1.82) is 0 Å². The Labute approximate surface area is 185 Å². The Morgan fingerprint density at radius 3 is 1.70 bits per heavy atom. The molecule has 0 amide bonds. The molecule has 0 aliphatic heterocycles. The summed E-state index contributed by atoms with van der Waals surface area (Å²) in [6, 6.07) is 0. The molecule has 1 rings (SSSR count). The molecule has 176 valence electrons. The maximum absolute atomic E-state index is 12.4. The highest BCUT2D eigenvalue weighted by Crippen LogP contribution is 2.31. The lowest BCUT2D eigenvalue weighted by Gasteiger charge is -2.26. The first kappa shape index (κ1) is 27.0. The number of rotatable bonds is 17. The molecule has 0 aromatic carbocycles. The molecule has 0 aromatic heterocycles. The quantitative estimate of drug-likeness (QED) is 0.182. The van der Waals surface area contributed by atoms with Crippen molar-refractivity contribution in [1.82, 2.24) is 0 Å². The summed E-state index contributed by atoms with van der Waals surface area (Å²) < 4.78 is 10.9. The topological polar surface area (TPSA) is 52.6 Å². The lowest BCUT2D eigenvalue weighted by atomic mass is 9.81. The van der Waals surface area contributed by atoms with Crippen LogP contribution in [-0.2, 0) is 19.1 Å². The third kappa shape index (κ3) is 13.3. The molecular formula is C26H48O4. The lowest BCUT2D eigenvalue weighted by molar-refractivity contribution is -0.155. The van der Waals surface area contributed by atoms with Crippen molar-refractivity contribution in [2.45, 2.75) is 124 Å². The minimum Gasteiger partial charge on any atom is -0.465 e. The van der Waals surface area contributed by atoms with Gasteiger partial charge in [0.1, 0.15) is 0 Å². The molecule has 0 radical (unpaired) electrons. The number of esters is 2. The molecule has 2 atom stereocenters. The molecule has 0 spiro atoms.